The Morgan fingerprint density at radius 3 is 2.81 bits per heavy atom. The average Bonchev–Trinajstić information content (AvgIpc) is 2.81. The van der Waals surface area contributed by atoms with E-state index < -0.39 is 0 Å². The van der Waals surface area contributed by atoms with E-state index in [0.717, 1.165) is 18.3 Å². The van der Waals surface area contributed by atoms with Crippen LogP contribution in [-0.2, 0) is 6.54 Å². The molecule has 0 amide bonds. The van der Waals surface area contributed by atoms with Crippen molar-refractivity contribution >= 4 is 11.8 Å². The second-order valence-electron chi connectivity index (χ2n) is 4.31. The summed E-state index contributed by atoms with van der Waals surface area (Å²) in [6.07, 6.45) is 7.53. The molecule has 0 bridgehead atoms. The second-order valence-corrected chi connectivity index (χ2v) is 5.63. The molecule has 0 aliphatic heterocycles. The van der Waals surface area contributed by atoms with Crippen LogP contribution in [0.1, 0.15) is 38.2 Å². The molecule has 1 aliphatic carbocycles. The maximum atomic E-state index is 4.52. The Morgan fingerprint density at radius 2 is 2.19 bits per heavy atom. The van der Waals surface area contributed by atoms with Crippen molar-refractivity contribution in [2.24, 2.45) is 0 Å². The Labute approximate surface area is 102 Å². The molecule has 2 nitrogen and oxygen atoms in total. The zero-order valence-corrected chi connectivity index (χ0v) is 10.7. The van der Waals surface area contributed by atoms with E-state index in [1.807, 2.05) is 18.0 Å². The van der Waals surface area contributed by atoms with Gasteiger partial charge in [-0.1, -0.05) is 25.8 Å². The van der Waals surface area contributed by atoms with Gasteiger partial charge in [-0.15, -0.1) is 11.8 Å². The zero-order valence-electron chi connectivity index (χ0n) is 9.91. The Hall–Kier alpha value is -0.540. The minimum Gasteiger partial charge on any atom is -0.313 e. The number of aromatic nitrogens is 1. The van der Waals surface area contributed by atoms with Crippen LogP contribution in [0.4, 0.5) is 0 Å². The SMILES string of the molecule is CCNCc1ccc(SC2CCCC2)nc1. The normalized spacial score (nSPS) is 16.8. The first kappa shape index (κ1) is 11.9. The molecule has 1 aromatic heterocycles. The lowest BCUT2D eigenvalue weighted by molar-refractivity contribution is 0.722. The third-order valence-electron chi connectivity index (χ3n) is 2.97. The Bertz CT molecular complexity index is 304. The fraction of sp³-hybridized carbons (Fsp3) is 0.615. The number of hydrogen-bond donors (Lipinski definition) is 1. The molecule has 1 heterocycles. The van der Waals surface area contributed by atoms with Gasteiger partial charge in [0.1, 0.15) is 0 Å². The number of thioether (sulfide) groups is 1. The number of nitrogens with one attached hydrogen (secondary N) is 1. The number of pyridine rings is 1. The second kappa shape index (κ2) is 6.26. The van der Waals surface area contributed by atoms with Gasteiger partial charge < -0.3 is 5.32 Å². The van der Waals surface area contributed by atoms with Crippen LogP contribution in [0.15, 0.2) is 23.4 Å². The van der Waals surface area contributed by atoms with Crippen molar-refractivity contribution in [3.05, 3.63) is 23.9 Å². The van der Waals surface area contributed by atoms with Gasteiger partial charge in [0.2, 0.25) is 0 Å². The summed E-state index contributed by atoms with van der Waals surface area (Å²) in [5.41, 5.74) is 1.28. The van der Waals surface area contributed by atoms with Crippen molar-refractivity contribution in [3.63, 3.8) is 0 Å². The molecule has 2 rings (SSSR count). The van der Waals surface area contributed by atoms with E-state index in [9.17, 15) is 0 Å². The van der Waals surface area contributed by atoms with Crippen molar-refractivity contribution < 1.29 is 0 Å². The summed E-state index contributed by atoms with van der Waals surface area (Å²) in [5.74, 6) is 0. The molecule has 0 saturated heterocycles. The molecule has 1 aliphatic rings. The van der Waals surface area contributed by atoms with Crippen molar-refractivity contribution in [2.75, 3.05) is 6.54 Å². The fourth-order valence-electron chi connectivity index (χ4n) is 2.03. The number of rotatable bonds is 5. The van der Waals surface area contributed by atoms with E-state index in [2.05, 4.69) is 29.4 Å². The molecule has 16 heavy (non-hydrogen) atoms. The largest absolute Gasteiger partial charge is 0.313 e. The topological polar surface area (TPSA) is 24.9 Å². The van der Waals surface area contributed by atoms with Gasteiger partial charge in [-0.05, 0) is 31.0 Å². The lowest BCUT2D eigenvalue weighted by Gasteiger charge is -2.08. The molecule has 1 saturated carbocycles. The molecule has 1 aromatic rings. The Morgan fingerprint density at radius 1 is 1.38 bits per heavy atom. The van der Waals surface area contributed by atoms with Crippen molar-refractivity contribution in [1.29, 1.82) is 0 Å². The third-order valence-corrected chi connectivity index (χ3v) is 4.25. The number of hydrogen-bond acceptors (Lipinski definition) is 3. The lowest BCUT2D eigenvalue weighted by Crippen LogP contribution is -2.11. The Balaban J connectivity index is 1.86. The predicted molar refractivity (Wildman–Crippen MR) is 69.7 cm³/mol. The van der Waals surface area contributed by atoms with Crippen molar-refractivity contribution in [2.45, 2.75) is 49.4 Å². The molecule has 0 radical (unpaired) electrons. The van der Waals surface area contributed by atoms with E-state index >= 15 is 0 Å². The van der Waals surface area contributed by atoms with E-state index in [1.54, 1.807) is 0 Å². The molecular formula is C13H20N2S. The van der Waals surface area contributed by atoms with Gasteiger partial charge >= 0.3 is 0 Å². The molecule has 0 spiro atoms. The van der Waals surface area contributed by atoms with Crippen molar-refractivity contribution in [3.8, 4) is 0 Å². The summed E-state index contributed by atoms with van der Waals surface area (Å²) in [6, 6.07) is 4.35. The summed E-state index contributed by atoms with van der Waals surface area (Å²) in [4.78, 5) is 4.52. The van der Waals surface area contributed by atoms with Crippen LogP contribution in [0, 0.1) is 0 Å². The van der Waals surface area contributed by atoms with Gasteiger partial charge in [-0.3, -0.25) is 0 Å². The molecule has 0 aromatic carbocycles. The monoisotopic (exact) mass is 236 g/mol. The highest BCUT2D eigenvalue weighted by atomic mass is 32.2. The van der Waals surface area contributed by atoms with Crippen LogP contribution >= 0.6 is 11.8 Å². The summed E-state index contributed by atoms with van der Waals surface area (Å²) in [7, 11) is 0. The van der Waals surface area contributed by atoms with Gasteiger partial charge in [0, 0.05) is 18.0 Å². The fourth-order valence-corrected chi connectivity index (χ4v) is 3.20. The molecular weight excluding hydrogens is 216 g/mol. The summed E-state index contributed by atoms with van der Waals surface area (Å²) in [5, 5.41) is 5.31. The quantitative estimate of drug-likeness (QED) is 0.849. The van der Waals surface area contributed by atoms with E-state index in [-0.39, 0.29) is 0 Å². The number of nitrogens with zero attached hydrogens (tertiary/aromatic N) is 1. The molecule has 3 heteroatoms. The third kappa shape index (κ3) is 3.49. The van der Waals surface area contributed by atoms with E-state index in [0.29, 0.717) is 0 Å². The summed E-state index contributed by atoms with van der Waals surface area (Å²) < 4.78 is 0. The van der Waals surface area contributed by atoms with Gasteiger partial charge in [-0.25, -0.2) is 4.98 Å². The Kier molecular flexibility index (Phi) is 4.67. The summed E-state index contributed by atoms with van der Waals surface area (Å²) >= 11 is 1.95. The first-order valence-corrected chi connectivity index (χ1v) is 7.08. The first-order valence-electron chi connectivity index (χ1n) is 6.21. The molecule has 1 fully saturated rings. The summed E-state index contributed by atoms with van der Waals surface area (Å²) in [6.45, 7) is 4.06. The lowest BCUT2D eigenvalue weighted by atomic mass is 10.3. The van der Waals surface area contributed by atoms with Gasteiger partial charge in [-0.2, -0.15) is 0 Å². The predicted octanol–water partition coefficient (Wildman–Crippen LogP) is 3.23. The van der Waals surface area contributed by atoms with Gasteiger partial charge in [0.25, 0.3) is 0 Å². The molecule has 1 N–H and O–H groups in total. The van der Waals surface area contributed by atoms with Gasteiger partial charge in [0.15, 0.2) is 0 Å². The maximum absolute atomic E-state index is 4.52. The molecule has 0 unspecified atom stereocenters. The van der Waals surface area contributed by atoms with Gasteiger partial charge in [0.05, 0.1) is 5.03 Å². The van der Waals surface area contributed by atoms with Crippen LogP contribution in [0.5, 0.6) is 0 Å². The van der Waals surface area contributed by atoms with Crippen LogP contribution in [0.2, 0.25) is 0 Å². The zero-order chi connectivity index (χ0) is 11.2. The minimum atomic E-state index is 0.812. The molecule has 88 valence electrons. The minimum absolute atomic E-state index is 0.812. The van der Waals surface area contributed by atoms with Crippen molar-refractivity contribution in [1.82, 2.24) is 10.3 Å². The highest BCUT2D eigenvalue weighted by Gasteiger charge is 2.16. The first-order chi connectivity index (χ1) is 7.88. The maximum Gasteiger partial charge on any atom is 0.0962 e. The smallest absolute Gasteiger partial charge is 0.0962 e. The van der Waals surface area contributed by atoms with Crippen LogP contribution in [0.25, 0.3) is 0 Å². The van der Waals surface area contributed by atoms with Crippen LogP contribution < -0.4 is 5.32 Å². The standard InChI is InChI=1S/C13H20N2S/c1-2-14-9-11-7-8-13(15-10-11)16-12-5-3-4-6-12/h7-8,10,12,14H,2-6,9H2,1H3. The van der Waals surface area contributed by atoms with Crippen LogP contribution in [-0.4, -0.2) is 16.8 Å². The van der Waals surface area contributed by atoms with E-state index in [4.69, 9.17) is 0 Å². The van der Waals surface area contributed by atoms with E-state index in [1.165, 1.54) is 36.3 Å². The average molecular weight is 236 g/mol. The molecule has 0 atom stereocenters. The highest BCUT2D eigenvalue weighted by molar-refractivity contribution is 7.99. The van der Waals surface area contributed by atoms with Crippen LogP contribution in [0.3, 0.4) is 0 Å². The highest BCUT2D eigenvalue weighted by Crippen LogP contribution is 2.33.